The quantitative estimate of drug-likeness (QED) is 0.783. The molecule has 3 N–H and O–H groups in total. The van der Waals surface area contributed by atoms with E-state index >= 15 is 0 Å². The molecule has 1 aliphatic rings. The molecule has 0 bridgehead atoms. The van der Waals surface area contributed by atoms with Crippen molar-refractivity contribution in [2.45, 2.75) is 19.4 Å². The van der Waals surface area contributed by atoms with Gasteiger partial charge in [0.1, 0.15) is 5.75 Å². The molecule has 1 saturated heterocycles. The van der Waals surface area contributed by atoms with Crippen LogP contribution in [-0.2, 0) is 4.79 Å². The molecule has 2 rings (SSSR count). The highest BCUT2D eigenvalue weighted by Gasteiger charge is 2.31. The second-order valence-electron chi connectivity index (χ2n) is 4.39. The van der Waals surface area contributed by atoms with Crippen LogP contribution in [0.25, 0.3) is 0 Å². The average molecular weight is 300 g/mol. The first-order valence-corrected chi connectivity index (χ1v) is 6.23. The average Bonchev–Trinajstić information content (AvgIpc) is 2.72. The Kier molecular flexibility index (Phi) is 3.40. The number of phenols is 1. The number of hydrogen-bond donors (Lipinski definition) is 3. The van der Waals surface area contributed by atoms with Gasteiger partial charge in [0.15, 0.2) is 0 Å². The summed E-state index contributed by atoms with van der Waals surface area (Å²) in [5, 5.41) is 22.0. The number of carbonyl (C=O) groups is 1. The van der Waals surface area contributed by atoms with Crippen molar-refractivity contribution in [2.75, 3.05) is 6.54 Å². The highest BCUT2D eigenvalue weighted by Crippen LogP contribution is 2.35. The van der Waals surface area contributed by atoms with E-state index in [2.05, 4.69) is 21.2 Å². The Bertz CT molecular complexity index is 461. The lowest BCUT2D eigenvalue weighted by Gasteiger charge is -2.14. The predicted octanol–water partition coefficient (Wildman–Crippen LogP) is 2.20. The first-order chi connectivity index (χ1) is 7.99. The third-order valence-electron chi connectivity index (χ3n) is 3.16. The molecular weight excluding hydrogens is 286 g/mol. The molecule has 1 aromatic carbocycles. The van der Waals surface area contributed by atoms with Crippen molar-refractivity contribution in [1.82, 2.24) is 5.32 Å². The van der Waals surface area contributed by atoms with E-state index in [9.17, 15) is 9.90 Å². The first-order valence-electron chi connectivity index (χ1n) is 5.44. The zero-order chi connectivity index (χ0) is 12.6. The van der Waals surface area contributed by atoms with E-state index in [1.807, 2.05) is 13.0 Å². The normalized spacial score (nSPS) is 23.9. The standard InChI is InChI=1S/C12H14BrNO3/c1-6-2-11(15)8(4-9(6)13)10-3-7(5-14-10)12(16)17/h2,4,7,10,14-15H,3,5H2,1H3,(H,16,17). The molecule has 1 aromatic rings. The van der Waals surface area contributed by atoms with Gasteiger partial charge >= 0.3 is 5.97 Å². The SMILES string of the molecule is Cc1cc(O)c(C2CC(C(=O)O)CN2)cc1Br. The first kappa shape index (κ1) is 12.4. The molecule has 1 heterocycles. The topological polar surface area (TPSA) is 69.6 Å². The third-order valence-corrected chi connectivity index (χ3v) is 4.02. The molecule has 0 aromatic heterocycles. The van der Waals surface area contributed by atoms with E-state index in [0.29, 0.717) is 13.0 Å². The molecule has 0 amide bonds. The summed E-state index contributed by atoms with van der Waals surface area (Å²) in [7, 11) is 0. The number of hydrogen-bond acceptors (Lipinski definition) is 3. The van der Waals surface area contributed by atoms with Crippen LogP contribution in [0.1, 0.15) is 23.6 Å². The minimum atomic E-state index is -0.786. The maximum Gasteiger partial charge on any atom is 0.307 e. The summed E-state index contributed by atoms with van der Waals surface area (Å²) in [4.78, 5) is 10.9. The minimum Gasteiger partial charge on any atom is -0.508 e. The lowest BCUT2D eigenvalue weighted by molar-refractivity contribution is -0.141. The van der Waals surface area contributed by atoms with Gasteiger partial charge in [0.25, 0.3) is 0 Å². The molecule has 0 spiro atoms. The van der Waals surface area contributed by atoms with E-state index in [4.69, 9.17) is 5.11 Å². The summed E-state index contributed by atoms with van der Waals surface area (Å²) in [5.41, 5.74) is 1.71. The van der Waals surface area contributed by atoms with Crippen LogP contribution in [0.2, 0.25) is 0 Å². The van der Waals surface area contributed by atoms with Gasteiger partial charge in [0, 0.05) is 22.6 Å². The summed E-state index contributed by atoms with van der Waals surface area (Å²) in [5.74, 6) is -0.945. The molecule has 2 unspecified atom stereocenters. The van der Waals surface area contributed by atoms with Crippen LogP contribution in [0.4, 0.5) is 0 Å². The number of aliphatic carboxylic acids is 1. The van der Waals surface area contributed by atoms with Crippen LogP contribution in [0.15, 0.2) is 16.6 Å². The summed E-state index contributed by atoms with van der Waals surface area (Å²) < 4.78 is 0.922. The van der Waals surface area contributed by atoms with Gasteiger partial charge in [0.2, 0.25) is 0 Å². The number of aromatic hydroxyl groups is 1. The van der Waals surface area contributed by atoms with Crippen LogP contribution in [0, 0.1) is 12.8 Å². The fourth-order valence-corrected chi connectivity index (χ4v) is 2.48. The molecule has 0 aliphatic carbocycles. The number of phenolic OH excluding ortho intramolecular Hbond substituents is 1. The second kappa shape index (κ2) is 4.66. The highest BCUT2D eigenvalue weighted by molar-refractivity contribution is 9.10. The maximum atomic E-state index is 10.9. The second-order valence-corrected chi connectivity index (χ2v) is 5.25. The summed E-state index contributed by atoms with van der Waals surface area (Å²) in [6, 6.07) is 3.45. The summed E-state index contributed by atoms with van der Waals surface area (Å²) in [6.45, 7) is 2.35. The van der Waals surface area contributed by atoms with Crippen LogP contribution in [0.5, 0.6) is 5.75 Å². The Labute approximate surface area is 108 Å². The lowest BCUT2D eigenvalue weighted by Crippen LogP contribution is -2.17. The van der Waals surface area contributed by atoms with E-state index in [0.717, 1.165) is 15.6 Å². The van der Waals surface area contributed by atoms with Gasteiger partial charge < -0.3 is 15.5 Å². The van der Waals surface area contributed by atoms with Gasteiger partial charge in [-0.1, -0.05) is 15.9 Å². The zero-order valence-corrected chi connectivity index (χ0v) is 11.0. The van der Waals surface area contributed by atoms with Gasteiger partial charge in [-0.05, 0) is 31.0 Å². The molecule has 17 heavy (non-hydrogen) atoms. The largest absolute Gasteiger partial charge is 0.508 e. The van der Waals surface area contributed by atoms with E-state index in [1.54, 1.807) is 6.07 Å². The van der Waals surface area contributed by atoms with Crippen LogP contribution >= 0.6 is 15.9 Å². The van der Waals surface area contributed by atoms with Crippen LogP contribution in [0.3, 0.4) is 0 Å². The Morgan fingerprint density at radius 3 is 2.82 bits per heavy atom. The highest BCUT2D eigenvalue weighted by atomic mass is 79.9. The van der Waals surface area contributed by atoms with Gasteiger partial charge in [-0.2, -0.15) is 0 Å². The van der Waals surface area contributed by atoms with Crippen molar-refractivity contribution in [3.63, 3.8) is 0 Å². The number of nitrogens with one attached hydrogen (secondary N) is 1. The van der Waals surface area contributed by atoms with Crippen LogP contribution in [-0.4, -0.2) is 22.7 Å². The summed E-state index contributed by atoms with van der Waals surface area (Å²) in [6.07, 6.45) is 0.512. The molecule has 4 nitrogen and oxygen atoms in total. The fourth-order valence-electron chi connectivity index (χ4n) is 2.12. The number of benzene rings is 1. The van der Waals surface area contributed by atoms with E-state index in [-0.39, 0.29) is 17.7 Å². The predicted molar refractivity (Wildman–Crippen MR) is 67.0 cm³/mol. The number of carboxylic acids is 1. The molecule has 2 atom stereocenters. The molecule has 5 heteroatoms. The molecule has 92 valence electrons. The molecule has 1 fully saturated rings. The number of aryl methyl sites for hydroxylation is 1. The zero-order valence-electron chi connectivity index (χ0n) is 9.40. The van der Waals surface area contributed by atoms with E-state index in [1.165, 1.54) is 0 Å². The molecule has 0 saturated carbocycles. The minimum absolute atomic E-state index is 0.0898. The van der Waals surface area contributed by atoms with E-state index < -0.39 is 5.97 Å². The van der Waals surface area contributed by atoms with Crippen molar-refractivity contribution in [3.8, 4) is 5.75 Å². The smallest absolute Gasteiger partial charge is 0.307 e. The lowest BCUT2D eigenvalue weighted by atomic mass is 9.98. The van der Waals surface area contributed by atoms with Gasteiger partial charge in [-0.3, -0.25) is 4.79 Å². The van der Waals surface area contributed by atoms with Crippen molar-refractivity contribution >= 4 is 21.9 Å². The van der Waals surface area contributed by atoms with Crippen LogP contribution < -0.4 is 5.32 Å². The molecular formula is C12H14BrNO3. The third kappa shape index (κ3) is 2.45. The van der Waals surface area contributed by atoms with Crippen molar-refractivity contribution in [1.29, 1.82) is 0 Å². The number of carboxylic acid groups (broad SMARTS) is 1. The van der Waals surface area contributed by atoms with Gasteiger partial charge in [0.05, 0.1) is 5.92 Å². The fraction of sp³-hybridized carbons (Fsp3) is 0.417. The Balaban J connectivity index is 2.24. The number of rotatable bonds is 2. The van der Waals surface area contributed by atoms with Gasteiger partial charge in [-0.15, -0.1) is 0 Å². The number of halogens is 1. The van der Waals surface area contributed by atoms with Crippen molar-refractivity contribution in [2.24, 2.45) is 5.92 Å². The van der Waals surface area contributed by atoms with Gasteiger partial charge in [-0.25, -0.2) is 0 Å². The Morgan fingerprint density at radius 1 is 1.53 bits per heavy atom. The Morgan fingerprint density at radius 2 is 2.24 bits per heavy atom. The van der Waals surface area contributed by atoms with Crippen molar-refractivity contribution in [3.05, 3.63) is 27.7 Å². The molecule has 0 radical (unpaired) electrons. The Hall–Kier alpha value is -1.07. The maximum absolute atomic E-state index is 10.9. The molecule has 1 aliphatic heterocycles. The summed E-state index contributed by atoms with van der Waals surface area (Å²) >= 11 is 3.42. The monoisotopic (exact) mass is 299 g/mol. The van der Waals surface area contributed by atoms with Crippen molar-refractivity contribution < 1.29 is 15.0 Å².